The lowest BCUT2D eigenvalue weighted by atomic mass is 9.68. The molecule has 0 N–H and O–H groups in total. The zero-order valence-electron chi connectivity index (χ0n) is 11.3. The number of fused-ring (bicyclic) bond motifs is 1. The van der Waals surface area contributed by atoms with E-state index >= 15 is 0 Å². The third-order valence-electron chi connectivity index (χ3n) is 4.66. The van der Waals surface area contributed by atoms with Gasteiger partial charge in [0.2, 0.25) is 0 Å². The number of hydrogen-bond donors (Lipinski definition) is 0. The second kappa shape index (κ2) is 4.84. The van der Waals surface area contributed by atoms with Crippen LogP contribution in [0.25, 0.3) is 0 Å². The van der Waals surface area contributed by atoms with Crippen molar-refractivity contribution in [2.45, 2.75) is 38.7 Å². The van der Waals surface area contributed by atoms with Gasteiger partial charge >= 0.3 is 5.97 Å². The zero-order chi connectivity index (χ0) is 13.3. The molecule has 3 rings (SSSR count). The van der Waals surface area contributed by atoms with E-state index in [4.69, 9.17) is 4.74 Å². The monoisotopic (exact) mass is 256 g/mol. The van der Waals surface area contributed by atoms with Gasteiger partial charge in [-0.2, -0.15) is 0 Å². The Morgan fingerprint density at radius 2 is 2.11 bits per heavy atom. The fourth-order valence-electron chi connectivity index (χ4n) is 3.53. The Hall–Kier alpha value is -1.57. The highest BCUT2D eigenvalue weighted by atomic mass is 16.5. The molecule has 0 aliphatic heterocycles. The third kappa shape index (κ3) is 2.32. The molecular formula is C17H20O2. The molecule has 2 heteroatoms. The van der Waals surface area contributed by atoms with Crippen LogP contribution in [-0.2, 0) is 4.74 Å². The number of allylic oxidation sites excluding steroid dienone is 2. The molecule has 19 heavy (non-hydrogen) atoms. The summed E-state index contributed by atoms with van der Waals surface area (Å²) >= 11 is 0. The molecule has 0 saturated heterocycles. The summed E-state index contributed by atoms with van der Waals surface area (Å²) in [5.41, 5.74) is 0.889. The molecule has 100 valence electrons. The Kier molecular flexibility index (Phi) is 3.17. The van der Waals surface area contributed by atoms with Crippen molar-refractivity contribution >= 4 is 5.97 Å². The molecule has 3 atom stereocenters. The Morgan fingerprint density at radius 1 is 1.32 bits per heavy atom. The molecule has 0 radical (unpaired) electrons. The summed E-state index contributed by atoms with van der Waals surface area (Å²) in [6.45, 7) is 2.30. The normalized spacial score (nSPS) is 32.9. The molecule has 0 aromatic heterocycles. The maximum Gasteiger partial charge on any atom is 0.338 e. The first-order valence-electron chi connectivity index (χ1n) is 7.13. The van der Waals surface area contributed by atoms with E-state index in [0.717, 1.165) is 19.3 Å². The SMILES string of the molecule is C[C@@]12C=CC[C@H]1[C@@H](OC(=O)c1ccccc1)CCC2. The van der Waals surface area contributed by atoms with E-state index in [1.54, 1.807) is 0 Å². The van der Waals surface area contributed by atoms with E-state index in [9.17, 15) is 4.79 Å². The molecule has 1 aromatic carbocycles. The average molecular weight is 256 g/mol. The molecule has 1 fully saturated rings. The minimum Gasteiger partial charge on any atom is -0.458 e. The summed E-state index contributed by atoms with van der Waals surface area (Å²) in [6.07, 6.45) is 9.04. The van der Waals surface area contributed by atoms with Crippen LogP contribution in [0.4, 0.5) is 0 Å². The molecule has 0 heterocycles. The second-order valence-corrected chi connectivity index (χ2v) is 5.95. The molecule has 0 spiro atoms. The Balaban J connectivity index is 1.72. The van der Waals surface area contributed by atoms with E-state index in [0.29, 0.717) is 11.5 Å². The van der Waals surface area contributed by atoms with Gasteiger partial charge in [0.1, 0.15) is 6.10 Å². The fourth-order valence-corrected chi connectivity index (χ4v) is 3.53. The lowest BCUT2D eigenvalue weighted by Crippen LogP contribution is -2.39. The van der Waals surface area contributed by atoms with Crippen LogP contribution in [-0.4, -0.2) is 12.1 Å². The fraction of sp³-hybridized carbons (Fsp3) is 0.471. The Morgan fingerprint density at radius 3 is 2.89 bits per heavy atom. The first-order chi connectivity index (χ1) is 9.19. The summed E-state index contributed by atoms with van der Waals surface area (Å²) in [5.74, 6) is 0.288. The van der Waals surface area contributed by atoms with Gasteiger partial charge in [-0.05, 0) is 43.2 Å². The number of hydrogen-bond acceptors (Lipinski definition) is 2. The van der Waals surface area contributed by atoms with Crippen molar-refractivity contribution in [3.63, 3.8) is 0 Å². The minimum atomic E-state index is -0.179. The van der Waals surface area contributed by atoms with Gasteiger partial charge in [-0.3, -0.25) is 0 Å². The van der Waals surface area contributed by atoms with E-state index in [2.05, 4.69) is 19.1 Å². The van der Waals surface area contributed by atoms with Gasteiger partial charge in [0.15, 0.2) is 0 Å². The van der Waals surface area contributed by atoms with Crippen LogP contribution in [0.1, 0.15) is 43.0 Å². The highest BCUT2D eigenvalue weighted by Crippen LogP contribution is 2.49. The predicted octanol–water partition coefficient (Wildman–Crippen LogP) is 3.98. The van der Waals surface area contributed by atoms with Crippen LogP contribution >= 0.6 is 0 Å². The maximum absolute atomic E-state index is 12.2. The van der Waals surface area contributed by atoms with Gasteiger partial charge in [0, 0.05) is 5.92 Å². The highest BCUT2D eigenvalue weighted by Gasteiger charge is 2.44. The number of carbonyl (C=O) groups excluding carboxylic acids is 1. The van der Waals surface area contributed by atoms with Gasteiger partial charge < -0.3 is 4.74 Å². The summed E-state index contributed by atoms with van der Waals surface area (Å²) in [7, 11) is 0. The van der Waals surface area contributed by atoms with E-state index in [1.807, 2.05) is 30.3 Å². The molecule has 2 aliphatic rings. The molecule has 1 aromatic rings. The molecule has 0 bridgehead atoms. The van der Waals surface area contributed by atoms with Gasteiger partial charge in [0.05, 0.1) is 5.56 Å². The lowest BCUT2D eigenvalue weighted by Gasteiger charge is -2.40. The van der Waals surface area contributed by atoms with E-state index < -0.39 is 0 Å². The van der Waals surface area contributed by atoms with Crippen molar-refractivity contribution in [2.24, 2.45) is 11.3 Å². The van der Waals surface area contributed by atoms with Gasteiger partial charge in [0.25, 0.3) is 0 Å². The highest BCUT2D eigenvalue weighted by molar-refractivity contribution is 5.89. The van der Waals surface area contributed by atoms with Crippen LogP contribution in [0.2, 0.25) is 0 Å². The topological polar surface area (TPSA) is 26.3 Å². The van der Waals surface area contributed by atoms with Crippen LogP contribution < -0.4 is 0 Å². The first-order valence-corrected chi connectivity index (χ1v) is 7.13. The number of ether oxygens (including phenoxy) is 1. The van der Waals surface area contributed by atoms with Gasteiger partial charge in [-0.15, -0.1) is 0 Å². The number of rotatable bonds is 2. The summed E-state index contributed by atoms with van der Waals surface area (Å²) in [6, 6.07) is 9.29. The maximum atomic E-state index is 12.2. The van der Waals surface area contributed by atoms with Gasteiger partial charge in [-0.25, -0.2) is 4.79 Å². The van der Waals surface area contributed by atoms with E-state index in [-0.39, 0.29) is 17.5 Å². The zero-order valence-corrected chi connectivity index (χ0v) is 11.3. The first kappa shape index (κ1) is 12.5. The standard InChI is InChI=1S/C17H20O2/c1-17-11-5-9-14(17)15(10-6-12-17)19-16(18)13-7-3-2-4-8-13/h2-5,7-8,11,14-15H,6,9-10,12H2,1H3/t14-,15-,17-/m0/s1. The Bertz CT molecular complexity index is 491. The summed E-state index contributed by atoms with van der Waals surface area (Å²) in [4.78, 5) is 12.2. The lowest BCUT2D eigenvalue weighted by molar-refractivity contribution is -0.0224. The molecular weight excluding hydrogens is 236 g/mol. The number of esters is 1. The summed E-state index contributed by atoms with van der Waals surface area (Å²) < 4.78 is 5.78. The van der Waals surface area contributed by atoms with Crippen molar-refractivity contribution in [2.75, 3.05) is 0 Å². The van der Waals surface area contributed by atoms with Crippen LogP contribution in [0.3, 0.4) is 0 Å². The average Bonchev–Trinajstić information content (AvgIpc) is 2.82. The minimum absolute atomic E-state index is 0.0708. The van der Waals surface area contributed by atoms with Crippen molar-refractivity contribution in [1.29, 1.82) is 0 Å². The number of carbonyl (C=O) groups is 1. The molecule has 0 unspecified atom stereocenters. The van der Waals surface area contributed by atoms with Crippen molar-refractivity contribution in [3.05, 3.63) is 48.0 Å². The van der Waals surface area contributed by atoms with Gasteiger partial charge in [-0.1, -0.05) is 37.3 Å². The van der Waals surface area contributed by atoms with E-state index in [1.165, 1.54) is 6.42 Å². The predicted molar refractivity (Wildman–Crippen MR) is 74.9 cm³/mol. The van der Waals surface area contributed by atoms with Crippen LogP contribution in [0.5, 0.6) is 0 Å². The van der Waals surface area contributed by atoms with Crippen LogP contribution in [0.15, 0.2) is 42.5 Å². The smallest absolute Gasteiger partial charge is 0.338 e. The third-order valence-corrected chi connectivity index (χ3v) is 4.66. The molecule has 2 aliphatic carbocycles. The summed E-state index contributed by atoms with van der Waals surface area (Å²) in [5, 5.41) is 0. The molecule has 0 amide bonds. The van der Waals surface area contributed by atoms with Crippen LogP contribution in [0, 0.1) is 11.3 Å². The van der Waals surface area contributed by atoms with Crippen molar-refractivity contribution in [3.8, 4) is 0 Å². The largest absolute Gasteiger partial charge is 0.458 e. The molecule has 1 saturated carbocycles. The van der Waals surface area contributed by atoms with Crippen molar-refractivity contribution < 1.29 is 9.53 Å². The van der Waals surface area contributed by atoms with Crippen molar-refractivity contribution in [1.82, 2.24) is 0 Å². The second-order valence-electron chi connectivity index (χ2n) is 5.95. The Labute approximate surface area is 114 Å². The molecule has 2 nitrogen and oxygen atoms in total. The quantitative estimate of drug-likeness (QED) is 0.591. The number of benzene rings is 1.